The van der Waals surface area contributed by atoms with Crippen LogP contribution in [0.25, 0.3) is 5.69 Å². The second-order valence-electron chi connectivity index (χ2n) is 11.1. The van der Waals surface area contributed by atoms with E-state index in [1.165, 1.54) is 25.7 Å². The standard InChI is InChI=1S/C34H45N3O4/c1-6-7-8-9-10-11-12-19-32(38)36(25(2)3)24-33(39)37-29-17-14-13-16-28(29)35-22-15-18-30(35)34(37)27-23-26(40-4)20-21-31(27)41-5/h13-18,20-23,25,34H,6-12,19,24H2,1-5H3. The molecule has 220 valence electrons. The van der Waals surface area contributed by atoms with Gasteiger partial charge in [-0.2, -0.15) is 0 Å². The lowest BCUT2D eigenvalue weighted by molar-refractivity contribution is -0.137. The van der Waals surface area contributed by atoms with Gasteiger partial charge in [-0.05, 0) is 62.7 Å². The fourth-order valence-electron chi connectivity index (χ4n) is 5.77. The Morgan fingerprint density at radius 3 is 2.27 bits per heavy atom. The molecule has 7 nitrogen and oxygen atoms in total. The lowest BCUT2D eigenvalue weighted by Crippen LogP contribution is -2.48. The number of aromatic nitrogens is 1. The summed E-state index contributed by atoms with van der Waals surface area (Å²) in [6.07, 6.45) is 10.5. The van der Waals surface area contributed by atoms with Gasteiger partial charge in [0.05, 0.1) is 31.3 Å². The molecule has 0 fully saturated rings. The molecule has 2 amide bonds. The van der Waals surface area contributed by atoms with Gasteiger partial charge in [-0.3, -0.25) is 14.5 Å². The third-order valence-electron chi connectivity index (χ3n) is 7.96. The summed E-state index contributed by atoms with van der Waals surface area (Å²) in [5.41, 5.74) is 3.47. The molecule has 0 N–H and O–H groups in total. The van der Waals surface area contributed by atoms with Crippen molar-refractivity contribution in [2.24, 2.45) is 0 Å². The molecule has 0 bridgehead atoms. The molecule has 1 unspecified atom stereocenters. The Hall–Kier alpha value is -3.74. The molecule has 1 aliphatic heterocycles. The van der Waals surface area contributed by atoms with Crippen molar-refractivity contribution in [3.05, 3.63) is 72.1 Å². The number of hydrogen-bond acceptors (Lipinski definition) is 4. The molecule has 4 rings (SSSR count). The summed E-state index contributed by atoms with van der Waals surface area (Å²) in [5, 5.41) is 0. The number of hydrogen-bond donors (Lipinski definition) is 0. The van der Waals surface area contributed by atoms with Gasteiger partial charge in [-0.15, -0.1) is 0 Å². The lowest BCUT2D eigenvalue weighted by Gasteiger charge is -2.40. The quantitative estimate of drug-likeness (QED) is 0.194. The Morgan fingerprint density at radius 1 is 0.878 bits per heavy atom. The topological polar surface area (TPSA) is 64.0 Å². The number of rotatable bonds is 14. The van der Waals surface area contributed by atoms with Crippen molar-refractivity contribution in [2.75, 3.05) is 25.7 Å². The summed E-state index contributed by atoms with van der Waals surface area (Å²) in [6.45, 7) is 6.18. The SMILES string of the molecule is CCCCCCCCCC(=O)N(CC(=O)N1c2ccccc2-n2cccc2C1c1cc(OC)ccc1OC)C(C)C. The molecule has 0 aliphatic carbocycles. The smallest absolute Gasteiger partial charge is 0.247 e. The third kappa shape index (κ3) is 6.77. The molecular formula is C34H45N3O4. The van der Waals surface area contributed by atoms with Gasteiger partial charge >= 0.3 is 0 Å². The number of carbonyl (C=O) groups is 2. The van der Waals surface area contributed by atoms with E-state index in [0.717, 1.165) is 41.9 Å². The van der Waals surface area contributed by atoms with Crippen molar-refractivity contribution in [3.8, 4) is 17.2 Å². The van der Waals surface area contributed by atoms with E-state index in [1.54, 1.807) is 19.1 Å². The predicted octanol–water partition coefficient (Wildman–Crippen LogP) is 7.31. The van der Waals surface area contributed by atoms with E-state index in [2.05, 4.69) is 11.5 Å². The summed E-state index contributed by atoms with van der Waals surface area (Å²) in [4.78, 5) is 31.3. The van der Waals surface area contributed by atoms with Crippen LogP contribution >= 0.6 is 0 Å². The zero-order valence-corrected chi connectivity index (χ0v) is 25.3. The summed E-state index contributed by atoms with van der Waals surface area (Å²) in [7, 11) is 3.26. The first-order valence-corrected chi connectivity index (χ1v) is 15.0. The predicted molar refractivity (Wildman–Crippen MR) is 164 cm³/mol. The molecule has 1 atom stereocenters. The average molecular weight is 560 g/mol. The fourth-order valence-corrected chi connectivity index (χ4v) is 5.77. The molecule has 7 heteroatoms. The van der Waals surface area contributed by atoms with E-state index in [0.29, 0.717) is 17.9 Å². The Balaban J connectivity index is 1.63. The third-order valence-corrected chi connectivity index (χ3v) is 7.96. The summed E-state index contributed by atoms with van der Waals surface area (Å²) >= 11 is 0. The maximum Gasteiger partial charge on any atom is 0.247 e. The number of methoxy groups -OCH3 is 2. The summed E-state index contributed by atoms with van der Waals surface area (Å²) in [6, 6.07) is 17.0. The molecule has 1 aliphatic rings. The lowest BCUT2D eigenvalue weighted by atomic mass is 9.96. The highest BCUT2D eigenvalue weighted by Gasteiger charge is 2.38. The minimum Gasteiger partial charge on any atom is -0.497 e. The highest BCUT2D eigenvalue weighted by Crippen LogP contribution is 2.45. The number of unbranched alkanes of at least 4 members (excludes halogenated alkanes) is 6. The van der Waals surface area contributed by atoms with Crippen LogP contribution < -0.4 is 14.4 Å². The fraction of sp³-hybridized carbons (Fsp3) is 0.471. The van der Waals surface area contributed by atoms with Crippen LogP contribution in [0.3, 0.4) is 0 Å². The van der Waals surface area contributed by atoms with Crippen molar-refractivity contribution >= 4 is 17.5 Å². The average Bonchev–Trinajstić information content (AvgIpc) is 3.48. The van der Waals surface area contributed by atoms with E-state index in [1.807, 2.05) is 79.5 Å². The van der Waals surface area contributed by atoms with Crippen LogP contribution in [-0.2, 0) is 9.59 Å². The van der Waals surface area contributed by atoms with Gasteiger partial charge in [-0.25, -0.2) is 0 Å². The Morgan fingerprint density at radius 2 is 1.59 bits per heavy atom. The van der Waals surface area contributed by atoms with Gasteiger partial charge in [0.15, 0.2) is 0 Å². The van der Waals surface area contributed by atoms with Gasteiger partial charge in [0.2, 0.25) is 11.8 Å². The Labute approximate surface area is 245 Å². The molecule has 2 aromatic carbocycles. The minimum absolute atomic E-state index is 0.00479. The molecule has 3 aromatic rings. The van der Waals surface area contributed by atoms with Gasteiger partial charge in [0, 0.05) is 24.2 Å². The number of carbonyl (C=O) groups excluding carboxylic acids is 2. The summed E-state index contributed by atoms with van der Waals surface area (Å²) < 4.78 is 13.5. The van der Waals surface area contributed by atoms with Crippen molar-refractivity contribution in [2.45, 2.75) is 84.2 Å². The minimum atomic E-state index is -0.468. The van der Waals surface area contributed by atoms with Crippen molar-refractivity contribution in [1.82, 2.24) is 9.47 Å². The number of para-hydroxylation sites is 2. The van der Waals surface area contributed by atoms with E-state index in [9.17, 15) is 9.59 Å². The van der Waals surface area contributed by atoms with Crippen LogP contribution in [0.4, 0.5) is 5.69 Å². The number of ether oxygens (including phenoxy) is 2. The van der Waals surface area contributed by atoms with E-state index >= 15 is 0 Å². The van der Waals surface area contributed by atoms with Gasteiger partial charge in [-0.1, -0.05) is 57.6 Å². The van der Waals surface area contributed by atoms with Crippen LogP contribution in [0.1, 0.15) is 89.4 Å². The number of benzene rings is 2. The molecule has 1 aromatic heterocycles. The number of nitrogens with zero attached hydrogens (tertiary/aromatic N) is 3. The van der Waals surface area contributed by atoms with E-state index in [-0.39, 0.29) is 24.4 Å². The van der Waals surface area contributed by atoms with Crippen LogP contribution in [-0.4, -0.2) is 48.1 Å². The Kier molecular flexibility index (Phi) is 10.5. The van der Waals surface area contributed by atoms with Gasteiger partial charge in [0.1, 0.15) is 24.1 Å². The van der Waals surface area contributed by atoms with Crippen LogP contribution in [0.2, 0.25) is 0 Å². The van der Waals surface area contributed by atoms with Crippen molar-refractivity contribution < 1.29 is 19.1 Å². The zero-order valence-electron chi connectivity index (χ0n) is 25.3. The molecule has 41 heavy (non-hydrogen) atoms. The van der Waals surface area contributed by atoms with Crippen LogP contribution in [0, 0.1) is 0 Å². The van der Waals surface area contributed by atoms with Crippen LogP contribution in [0.5, 0.6) is 11.5 Å². The number of fused-ring (bicyclic) bond motifs is 3. The van der Waals surface area contributed by atoms with Crippen LogP contribution in [0.15, 0.2) is 60.8 Å². The first kappa shape index (κ1) is 30.2. The maximum absolute atomic E-state index is 14.4. The normalized spacial score (nSPS) is 14.0. The van der Waals surface area contributed by atoms with E-state index in [4.69, 9.17) is 9.47 Å². The second-order valence-corrected chi connectivity index (χ2v) is 11.1. The molecule has 2 heterocycles. The molecule has 0 saturated heterocycles. The number of amides is 2. The van der Waals surface area contributed by atoms with Crippen molar-refractivity contribution in [1.29, 1.82) is 0 Å². The highest BCUT2D eigenvalue weighted by atomic mass is 16.5. The van der Waals surface area contributed by atoms with Gasteiger partial charge < -0.3 is 18.9 Å². The Bertz CT molecular complexity index is 1310. The van der Waals surface area contributed by atoms with Gasteiger partial charge in [0.25, 0.3) is 0 Å². The van der Waals surface area contributed by atoms with E-state index < -0.39 is 6.04 Å². The summed E-state index contributed by atoms with van der Waals surface area (Å²) in [5.74, 6) is 1.24. The number of anilines is 1. The largest absolute Gasteiger partial charge is 0.497 e. The van der Waals surface area contributed by atoms with Crippen molar-refractivity contribution in [3.63, 3.8) is 0 Å². The molecule has 0 radical (unpaired) electrons. The molecule has 0 spiro atoms. The monoisotopic (exact) mass is 559 g/mol. The highest BCUT2D eigenvalue weighted by molar-refractivity contribution is 6.00. The first-order valence-electron chi connectivity index (χ1n) is 15.0. The molecular weight excluding hydrogens is 514 g/mol. The zero-order chi connectivity index (χ0) is 29.4. The first-order chi connectivity index (χ1) is 19.9. The maximum atomic E-state index is 14.4. The second kappa shape index (κ2) is 14.2. The molecule has 0 saturated carbocycles.